The minimum absolute atomic E-state index is 0.117. The molecule has 0 bridgehead atoms. The molecule has 0 amide bonds. The highest BCUT2D eigenvalue weighted by Crippen LogP contribution is 2.33. The largest absolute Gasteiger partial charge is 0.397 e. The minimum Gasteiger partial charge on any atom is -0.397 e. The third-order valence-corrected chi connectivity index (χ3v) is 8.12. The number of nitrogens with one attached hydrogen (secondary N) is 2. The second-order valence-electron chi connectivity index (χ2n) is 11.5. The van der Waals surface area contributed by atoms with Crippen LogP contribution in [0.5, 0.6) is 0 Å². The normalized spacial score (nSPS) is 14.5. The second kappa shape index (κ2) is 13.4. The lowest BCUT2D eigenvalue weighted by atomic mass is 9.82. The molecule has 5 rings (SSSR count). The van der Waals surface area contributed by atoms with Gasteiger partial charge in [-0.1, -0.05) is 106 Å². The number of tetrazole rings is 1. The Labute approximate surface area is 242 Å². The van der Waals surface area contributed by atoms with Crippen LogP contribution in [0.4, 0.5) is 11.4 Å². The summed E-state index contributed by atoms with van der Waals surface area (Å²) in [5.74, 6) is 1.70. The van der Waals surface area contributed by atoms with Crippen molar-refractivity contribution in [3.63, 3.8) is 0 Å². The SMILES string of the molecule is C=C(CC(C)CC(=O)c1cccc(N)c1NCc1ccc(-c2ccccc2-c2nn[nH]n2)cc1)CC1CCCCC1. The highest BCUT2D eigenvalue weighted by Gasteiger charge is 2.19. The molecule has 212 valence electrons. The second-order valence-corrected chi connectivity index (χ2v) is 11.5. The van der Waals surface area contributed by atoms with Crippen molar-refractivity contribution in [2.24, 2.45) is 11.8 Å². The fraction of sp³-hybridized carbons (Fsp3) is 0.353. The Balaban J connectivity index is 1.21. The number of carbonyl (C=O) groups is 1. The summed E-state index contributed by atoms with van der Waals surface area (Å²) in [6.07, 6.45) is 9.18. The molecule has 0 spiro atoms. The maximum Gasteiger partial charge on any atom is 0.205 e. The zero-order valence-electron chi connectivity index (χ0n) is 23.9. The number of aromatic nitrogens is 4. The number of hydrogen-bond donors (Lipinski definition) is 3. The van der Waals surface area contributed by atoms with Crippen molar-refractivity contribution in [3.05, 3.63) is 90.0 Å². The van der Waals surface area contributed by atoms with Crippen LogP contribution >= 0.6 is 0 Å². The molecule has 0 radical (unpaired) electrons. The molecular formula is C34H40N6O. The number of nitrogens with two attached hydrogens (primary N) is 1. The third kappa shape index (κ3) is 7.28. The van der Waals surface area contributed by atoms with Crippen LogP contribution in [0.15, 0.2) is 78.9 Å². The summed E-state index contributed by atoms with van der Waals surface area (Å²) >= 11 is 0. The van der Waals surface area contributed by atoms with Crippen molar-refractivity contribution in [1.82, 2.24) is 20.6 Å². The monoisotopic (exact) mass is 548 g/mol. The molecule has 41 heavy (non-hydrogen) atoms. The molecule has 0 saturated heterocycles. The predicted molar refractivity (Wildman–Crippen MR) is 166 cm³/mol. The quantitative estimate of drug-likeness (QED) is 0.0944. The third-order valence-electron chi connectivity index (χ3n) is 8.12. The van der Waals surface area contributed by atoms with Gasteiger partial charge in [0.15, 0.2) is 5.78 Å². The van der Waals surface area contributed by atoms with Gasteiger partial charge < -0.3 is 11.1 Å². The molecule has 1 aliphatic carbocycles. The van der Waals surface area contributed by atoms with E-state index in [0.29, 0.717) is 35.7 Å². The lowest BCUT2D eigenvalue weighted by molar-refractivity contribution is 0.0965. The highest BCUT2D eigenvalue weighted by atomic mass is 16.1. The number of benzene rings is 3. The van der Waals surface area contributed by atoms with Crippen LogP contribution in [-0.2, 0) is 6.54 Å². The Kier molecular flexibility index (Phi) is 9.24. The van der Waals surface area contributed by atoms with Gasteiger partial charge in [0.2, 0.25) is 5.82 Å². The standard InChI is InChI=1S/C34H40N6O/c1-23(20-25-9-4-3-5-10-25)19-24(2)21-32(41)30-13-8-14-31(35)33(30)36-22-26-15-17-27(18-16-26)28-11-6-7-12-29(28)34-37-39-40-38-34/h6-8,11-18,24-25,36H,1,3-5,9-10,19-22,35H2,2H3,(H,37,38,39,40). The Morgan fingerprint density at radius 2 is 1.76 bits per heavy atom. The Bertz CT molecular complexity index is 1460. The van der Waals surface area contributed by atoms with E-state index in [4.69, 9.17) is 5.73 Å². The van der Waals surface area contributed by atoms with Crippen molar-refractivity contribution in [1.29, 1.82) is 0 Å². The molecule has 0 aliphatic heterocycles. The first kappa shape index (κ1) is 28.3. The van der Waals surface area contributed by atoms with Gasteiger partial charge in [0.05, 0.1) is 11.4 Å². The topological polar surface area (TPSA) is 110 Å². The lowest BCUT2D eigenvalue weighted by Crippen LogP contribution is -2.13. The average molecular weight is 549 g/mol. The number of carbonyl (C=O) groups excluding carboxylic acids is 1. The summed E-state index contributed by atoms with van der Waals surface area (Å²) < 4.78 is 0. The summed E-state index contributed by atoms with van der Waals surface area (Å²) in [6, 6.07) is 21.9. The van der Waals surface area contributed by atoms with E-state index in [1.807, 2.05) is 42.5 Å². The molecule has 1 heterocycles. The molecule has 4 aromatic rings. The average Bonchev–Trinajstić information content (AvgIpc) is 3.52. The molecule has 1 unspecified atom stereocenters. The minimum atomic E-state index is 0.117. The van der Waals surface area contributed by atoms with Crippen molar-refractivity contribution < 1.29 is 4.79 Å². The van der Waals surface area contributed by atoms with E-state index in [1.54, 1.807) is 0 Å². The van der Waals surface area contributed by atoms with Crippen LogP contribution in [-0.4, -0.2) is 26.4 Å². The molecule has 7 heteroatoms. The van der Waals surface area contributed by atoms with Gasteiger partial charge in [0.25, 0.3) is 0 Å². The zero-order valence-corrected chi connectivity index (χ0v) is 23.9. The molecule has 1 atom stereocenters. The predicted octanol–water partition coefficient (Wildman–Crippen LogP) is 7.85. The van der Waals surface area contributed by atoms with Gasteiger partial charge in [0, 0.05) is 24.1 Å². The molecular weight excluding hydrogens is 508 g/mol. The molecule has 1 fully saturated rings. The molecule has 7 nitrogen and oxygen atoms in total. The Morgan fingerprint density at radius 3 is 2.49 bits per heavy atom. The summed E-state index contributed by atoms with van der Waals surface area (Å²) in [5.41, 5.74) is 13.7. The van der Waals surface area contributed by atoms with Gasteiger partial charge in [0.1, 0.15) is 0 Å². The summed E-state index contributed by atoms with van der Waals surface area (Å²) in [7, 11) is 0. The molecule has 1 aliphatic rings. The summed E-state index contributed by atoms with van der Waals surface area (Å²) in [5, 5.41) is 17.9. The first-order valence-electron chi connectivity index (χ1n) is 14.7. The number of allylic oxidation sites excluding steroid dienone is 1. The van der Waals surface area contributed by atoms with Crippen LogP contribution in [0, 0.1) is 11.8 Å². The van der Waals surface area contributed by atoms with Crippen molar-refractivity contribution >= 4 is 17.2 Å². The summed E-state index contributed by atoms with van der Waals surface area (Å²) in [4.78, 5) is 13.4. The number of H-pyrrole nitrogens is 1. The van der Waals surface area contributed by atoms with E-state index < -0.39 is 0 Å². The maximum absolute atomic E-state index is 13.4. The molecule has 1 saturated carbocycles. The fourth-order valence-electron chi connectivity index (χ4n) is 6.07. The van der Waals surface area contributed by atoms with E-state index in [0.717, 1.165) is 41.0 Å². The number of anilines is 2. The summed E-state index contributed by atoms with van der Waals surface area (Å²) in [6.45, 7) is 7.06. The molecule has 4 N–H and O–H groups in total. The number of aromatic amines is 1. The van der Waals surface area contributed by atoms with E-state index in [9.17, 15) is 4.79 Å². The number of para-hydroxylation sites is 1. The fourth-order valence-corrected chi connectivity index (χ4v) is 6.07. The van der Waals surface area contributed by atoms with Gasteiger partial charge in [-0.25, -0.2) is 0 Å². The van der Waals surface area contributed by atoms with E-state index in [2.05, 4.69) is 63.7 Å². The van der Waals surface area contributed by atoms with Gasteiger partial charge in [-0.3, -0.25) is 4.79 Å². The Hall–Kier alpha value is -4.26. The first-order valence-corrected chi connectivity index (χ1v) is 14.7. The van der Waals surface area contributed by atoms with Crippen LogP contribution in [0.3, 0.4) is 0 Å². The number of ketones is 1. The Morgan fingerprint density at radius 1 is 1.00 bits per heavy atom. The van der Waals surface area contributed by atoms with E-state index >= 15 is 0 Å². The highest BCUT2D eigenvalue weighted by molar-refractivity contribution is 6.03. The van der Waals surface area contributed by atoms with Crippen molar-refractivity contribution in [3.8, 4) is 22.5 Å². The van der Waals surface area contributed by atoms with E-state index in [-0.39, 0.29) is 11.7 Å². The number of nitrogens with zero attached hydrogens (tertiary/aromatic N) is 3. The molecule has 1 aromatic heterocycles. The van der Waals surface area contributed by atoms with Crippen LogP contribution in [0.2, 0.25) is 0 Å². The molecule has 3 aromatic carbocycles. The van der Waals surface area contributed by atoms with Crippen LogP contribution < -0.4 is 11.1 Å². The van der Waals surface area contributed by atoms with Gasteiger partial charge in [-0.15, -0.1) is 10.2 Å². The lowest BCUT2D eigenvalue weighted by Gasteiger charge is -2.23. The van der Waals surface area contributed by atoms with Gasteiger partial charge in [-0.05, 0) is 58.7 Å². The van der Waals surface area contributed by atoms with Crippen LogP contribution in [0.1, 0.15) is 74.2 Å². The zero-order chi connectivity index (χ0) is 28.6. The number of Topliss-reactive ketones (excluding diaryl/α,β-unsaturated/α-hetero) is 1. The number of rotatable bonds is 12. The van der Waals surface area contributed by atoms with Crippen molar-refractivity contribution in [2.75, 3.05) is 11.1 Å². The van der Waals surface area contributed by atoms with Gasteiger partial charge in [-0.2, -0.15) is 5.21 Å². The van der Waals surface area contributed by atoms with Crippen molar-refractivity contribution in [2.45, 2.75) is 64.8 Å². The number of nitrogen functional groups attached to an aromatic ring is 1. The first-order chi connectivity index (χ1) is 20.0. The van der Waals surface area contributed by atoms with Crippen LogP contribution in [0.25, 0.3) is 22.5 Å². The maximum atomic E-state index is 13.4. The number of hydrogen-bond acceptors (Lipinski definition) is 6. The smallest absolute Gasteiger partial charge is 0.205 e. The van der Waals surface area contributed by atoms with Gasteiger partial charge >= 0.3 is 0 Å². The van der Waals surface area contributed by atoms with E-state index in [1.165, 1.54) is 37.7 Å².